The average molecular weight is 354 g/mol. The molecule has 0 spiro atoms. The first-order valence-corrected chi connectivity index (χ1v) is 8.97. The van der Waals surface area contributed by atoms with Gasteiger partial charge in [0.2, 0.25) is 0 Å². The molecule has 0 saturated carbocycles. The van der Waals surface area contributed by atoms with Crippen molar-refractivity contribution in [3.05, 3.63) is 59.7 Å². The first kappa shape index (κ1) is 16.8. The van der Waals surface area contributed by atoms with Crippen molar-refractivity contribution in [2.45, 2.75) is 24.9 Å². The molecule has 0 radical (unpaired) electrons. The van der Waals surface area contributed by atoms with Crippen LogP contribution in [-0.4, -0.2) is 31.2 Å². The van der Waals surface area contributed by atoms with Gasteiger partial charge in [-0.25, -0.2) is 9.37 Å². The van der Waals surface area contributed by atoms with Crippen molar-refractivity contribution >= 4 is 11.4 Å². The molecule has 5 nitrogen and oxygen atoms in total. The molecule has 1 saturated heterocycles. The highest BCUT2D eigenvalue weighted by molar-refractivity contribution is 5.73. The van der Waals surface area contributed by atoms with Crippen LogP contribution in [0.25, 0.3) is 5.57 Å². The van der Waals surface area contributed by atoms with Crippen LogP contribution in [-0.2, 0) is 0 Å². The number of nitrogens with one attached hydrogen (secondary N) is 3. The third-order valence-corrected chi connectivity index (χ3v) is 4.94. The van der Waals surface area contributed by atoms with Crippen LogP contribution < -0.4 is 20.7 Å². The maximum Gasteiger partial charge on any atom is 0.134 e. The number of hydrogen-bond donors (Lipinski definition) is 3. The highest BCUT2D eigenvalue weighted by atomic mass is 19.1. The summed E-state index contributed by atoms with van der Waals surface area (Å²) in [5.74, 6) is 1.17. The number of ether oxygens (including phenoxy) is 1. The number of methoxy groups -OCH3 is 1. The van der Waals surface area contributed by atoms with Gasteiger partial charge in [-0.3, -0.25) is 0 Å². The Hall–Kier alpha value is -2.60. The van der Waals surface area contributed by atoms with Gasteiger partial charge in [0.1, 0.15) is 17.4 Å². The number of nitrogens with zero attached hydrogens (tertiary/aromatic N) is 1. The van der Waals surface area contributed by atoms with Crippen LogP contribution in [0.15, 0.2) is 42.6 Å². The predicted molar refractivity (Wildman–Crippen MR) is 101 cm³/mol. The smallest absolute Gasteiger partial charge is 0.134 e. The molecule has 2 atom stereocenters. The topological polar surface area (TPSA) is 58.2 Å². The van der Waals surface area contributed by atoms with Crippen molar-refractivity contribution in [2.24, 2.45) is 0 Å². The Balaban J connectivity index is 1.50. The number of aromatic nitrogens is 1. The summed E-state index contributed by atoms with van der Waals surface area (Å²) in [5.41, 5.74) is 2.36. The van der Waals surface area contributed by atoms with E-state index in [0.29, 0.717) is 23.8 Å². The Morgan fingerprint density at radius 3 is 2.92 bits per heavy atom. The van der Waals surface area contributed by atoms with Crippen molar-refractivity contribution in [1.82, 2.24) is 15.6 Å². The fourth-order valence-corrected chi connectivity index (χ4v) is 3.60. The van der Waals surface area contributed by atoms with Crippen LogP contribution in [0.1, 0.15) is 30.1 Å². The Morgan fingerprint density at radius 1 is 1.23 bits per heavy atom. The van der Waals surface area contributed by atoms with Gasteiger partial charge in [0.25, 0.3) is 0 Å². The fraction of sp³-hybridized carbons (Fsp3) is 0.350. The minimum Gasteiger partial charge on any atom is -0.496 e. The van der Waals surface area contributed by atoms with E-state index in [0.717, 1.165) is 36.6 Å². The number of anilines is 1. The van der Waals surface area contributed by atoms with Crippen LogP contribution in [0.2, 0.25) is 0 Å². The molecule has 26 heavy (non-hydrogen) atoms. The van der Waals surface area contributed by atoms with E-state index in [9.17, 15) is 4.39 Å². The lowest BCUT2D eigenvalue weighted by atomic mass is 9.99. The van der Waals surface area contributed by atoms with Gasteiger partial charge in [-0.15, -0.1) is 0 Å². The Labute approximate surface area is 152 Å². The van der Waals surface area contributed by atoms with Crippen molar-refractivity contribution in [2.75, 3.05) is 25.5 Å². The zero-order chi connectivity index (χ0) is 17.9. The normalized spacial score (nSPS) is 22.0. The molecule has 1 aromatic carbocycles. The molecule has 1 fully saturated rings. The summed E-state index contributed by atoms with van der Waals surface area (Å²) in [4.78, 5) is 4.75. The first-order valence-electron chi connectivity index (χ1n) is 8.97. The number of hydrogen-bond acceptors (Lipinski definition) is 5. The lowest BCUT2D eigenvalue weighted by Gasteiger charge is -2.16. The monoisotopic (exact) mass is 354 g/mol. The van der Waals surface area contributed by atoms with E-state index < -0.39 is 0 Å². The van der Waals surface area contributed by atoms with E-state index in [4.69, 9.17) is 9.72 Å². The highest BCUT2D eigenvalue weighted by Crippen LogP contribution is 2.37. The molecular formula is C20H23FN4O. The van der Waals surface area contributed by atoms with Gasteiger partial charge in [-0.1, -0.05) is 12.1 Å². The van der Waals surface area contributed by atoms with Gasteiger partial charge >= 0.3 is 0 Å². The molecule has 6 heteroatoms. The minimum atomic E-state index is -0.268. The summed E-state index contributed by atoms with van der Waals surface area (Å²) in [6.07, 6.45) is 3.64. The predicted octanol–water partition coefficient (Wildman–Crippen LogP) is 3.08. The van der Waals surface area contributed by atoms with Crippen LogP contribution in [0, 0.1) is 5.82 Å². The summed E-state index contributed by atoms with van der Waals surface area (Å²) in [5, 5.41) is 10.2. The summed E-state index contributed by atoms with van der Waals surface area (Å²) in [6.45, 7) is 2.01. The van der Waals surface area contributed by atoms with E-state index in [-0.39, 0.29) is 11.9 Å². The van der Waals surface area contributed by atoms with E-state index >= 15 is 0 Å². The number of pyridine rings is 1. The van der Waals surface area contributed by atoms with Crippen molar-refractivity contribution < 1.29 is 9.13 Å². The fourth-order valence-electron chi connectivity index (χ4n) is 3.60. The van der Waals surface area contributed by atoms with Gasteiger partial charge in [-0.05, 0) is 42.8 Å². The van der Waals surface area contributed by atoms with Gasteiger partial charge in [0.15, 0.2) is 0 Å². The molecule has 4 rings (SSSR count). The zero-order valence-electron chi connectivity index (χ0n) is 14.8. The van der Waals surface area contributed by atoms with E-state index in [1.54, 1.807) is 19.2 Å². The van der Waals surface area contributed by atoms with Crippen LogP contribution >= 0.6 is 0 Å². The molecule has 2 aliphatic heterocycles. The zero-order valence-corrected chi connectivity index (χ0v) is 14.8. The van der Waals surface area contributed by atoms with Gasteiger partial charge in [0, 0.05) is 25.2 Å². The quantitative estimate of drug-likeness (QED) is 0.770. The third kappa shape index (κ3) is 3.37. The number of rotatable bonds is 5. The molecule has 136 valence electrons. The SMILES string of the molecule is COc1cccc(F)c1C1=CNC(c2cccc(NC3CCNC3)n2)C1. The van der Waals surface area contributed by atoms with Gasteiger partial charge in [0.05, 0.1) is 24.4 Å². The average Bonchev–Trinajstić information content (AvgIpc) is 3.33. The number of halogens is 1. The molecule has 2 unspecified atom stereocenters. The second kappa shape index (κ2) is 7.33. The van der Waals surface area contributed by atoms with Crippen LogP contribution in [0.4, 0.5) is 10.2 Å². The van der Waals surface area contributed by atoms with E-state index in [1.807, 2.05) is 24.4 Å². The van der Waals surface area contributed by atoms with Gasteiger partial charge < -0.3 is 20.7 Å². The lowest BCUT2D eigenvalue weighted by molar-refractivity contribution is 0.409. The summed E-state index contributed by atoms with van der Waals surface area (Å²) in [7, 11) is 1.56. The third-order valence-electron chi connectivity index (χ3n) is 4.94. The Kier molecular flexibility index (Phi) is 4.75. The minimum absolute atomic E-state index is 0.0257. The second-order valence-electron chi connectivity index (χ2n) is 6.69. The van der Waals surface area contributed by atoms with Crippen molar-refractivity contribution in [3.63, 3.8) is 0 Å². The molecule has 0 amide bonds. The lowest BCUT2D eigenvalue weighted by Crippen LogP contribution is -2.23. The molecule has 0 bridgehead atoms. The summed E-state index contributed by atoms with van der Waals surface area (Å²) >= 11 is 0. The Bertz CT molecular complexity index is 817. The second-order valence-corrected chi connectivity index (χ2v) is 6.69. The molecule has 3 heterocycles. The molecule has 2 aromatic rings. The molecule has 1 aromatic heterocycles. The molecule has 2 aliphatic rings. The maximum atomic E-state index is 14.3. The van der Waals surface area contributed by atoms with Crippen molar-refractivity contribution in [3.8, 4) is 5.75 Å². The molecular weight excluding hydrogens is 331 g/mol. The maximum absolute atomic E-state index is 14.3. The molecule has 0 aliphatic carbocycles. The molecule has 3 N–H and O–H groups in total. The Morgan fingerprint density at radius 2 is 2.12 bits per heavy atom. The van der Waals surface area contributed by atoms with Crippen LogP contribution in [0.5, 0.6) is 5.75 Å². The summed E-state index contributed by atoms with van der Waals surface area (Å²) in [6, 6.07) is 11.4. The highest BCUT2D eigenvalue weighted by Gasteiger charge is 2.25. The first-order chi connectivity index (χ1) is 12.7. The van der Waals surface area contributed by atoms with Crippen LogP contribution in [0.3, 0.4) is 0 Å². The largest absolute Gasteiger partial charge is 0.496 e. The number of benzene rings is 1. The van der Waals surface area contributed by atoms with E-state index in [1.165, 1.54) is 6.07 Å². The summed E-state index contributed by atoms with van der Waals surface area (Å²) < 4.78 is 19.7. The standard InChI is InChI=1S/C20H23FN4O/c1-26-18-6-2-4-15(21)20(18)13-10-17(23-11-13)16-5-3-7-19(25-16)24-14-8-9-22-12-14/h2-7,11,14,17,22-23H,8-10,12H2,1H3,(H,24,25). The van der Waals surface area contributed by atoms with Gasteiger partial charge in [-0.2, -0.15) is 0 Å². The van der Waals surface area contributed by atoms with Crippen molar-refractivity contribution in [1.29, 1.82) is 0 Å². The van der Waals surface area contributed by atoms with E-state index in [2.05, 4.69) is 16.0 Å².